The molecule has 0 aliphatic heterocycles. The molecule has 0 aliphatic rings. The maximum atomic E-state index is 5.72. The number of aryl methyl sites for hydroxylation is 1. The zero-order valence-electron chi connectivity index (χ0n) is 10.3. The van der Waals surface area contributed by atoms with Crippen LogP contribution < -0.4 is 5.73 Å². The van der Waals surface area contributed by atoms with Crippen molar-refractivity contribution in [1.29, 1.82) is 0 Å². The molecule has 17 heavy (non-hydrogen) atoms. The first kappa shape index (κ1) is 12.0. The number of benzene rings is 1. The molecule has 1 aromatic heterocycles. The Morgan fingerprint density at radius 2 is 2.06 bits per heavy atom. The standard InChI is InChI=1S/C13H20N4/c1-11(14)7-3-2-6-10-17-13-9-5-4-8-12(13)15-16-17/h4-5,8-9,11H,2-3,6-7,10,14H2,1H3. The quantitative estimate of drug-likeness (QED) is 0.778. The highest BCUT2D eigenvalue weighted by Crippen LogP contribution is 2.11. The van der Waals surface area contributed by atoms with Gasteiger partial charge in [-0.15, -0.1) is 5.10 Å². The van der Waals surface area contributed by atoms with Gasteiger partial charge in [-0.05, 0) is 31.9 Å². The summed E-state index contributed by atoms with van der Waals surface area (Å²) in [5, 5.41) is 8.31. The van der Waals surface area contributed by atoms with Gasteiger partial charge in [0.15, 0.2) is 0 Å². The predicted molar refractivity (Wildman–Crippen MR) is 69.6 cm³/mol. The van der Waals surface area contributed by atoms with E-state index >= 15 is 0 Å². The minimum absolute atomic E-state index is 0.321. The van der Waals surface area contributed by atoms with Gasteiger partial charge in [-0.25, -0.2) is 4.68 Å². The van der Waals surface area contributed by atoms with E-state index in [2.05, 4.69) is 23.3 Å². The Labute approximate surface area is 102 Å². The summed E-state index contributed by atoms with van der Waals surface area (Å²) in [4.78, 5) is 0. The van der Waals surface area contributed by atoms with E-state index in [1.165, 1.54) is 12.8 Å². The van der Waals surface area contributed by atoms with Crippen molar-refractivity contribution >= 4 is 11.0 Å². The second kappa shape index (κ2) is 5.77. The number of hydrogen-bond acceptors (Lipinski definition) is 3. The maximum Gasteiger partial charge on any atom is 0.113 e. The second-order valence-electron chi connectivity index (χ2n) is 4.63. The van der Waals surface area contributed by atoms with Crippen molar-refractivity contribution in [3.63, 3.8) is 0 Å². The van der Waals surface area contributed by atoms with Crippen LogP contribution >= 0.6 is 0 Å². The fraction of sp³-hybridized carbons (Fsp3) is 0.538. The molecule has 4 heteroatoms. The van der Waals surface area contributed by atoms with Crippen LogP contribution in [0.1, 0.15) is 32.6 Å². The molecule has 0 bridgehead atoms. The fourth-order valence-corrected chi connectivity index (χ4v) is 1.99. The van der Waals surface area contributed by atoms with E-state index in [1.807, 2.05) is 22.9 Å². The van der Waals surface area contributed by atoms with Gasteiger partial charge < -0.3 is 5.73 Å². The van der Waals surface area contributed by atoms with E-state index in [0.717, 1.165) is 30.4 Å². The Hall–Kier alpha value is -1.42. The summed E-state index contributed by atoms with van der Waals surface area (Å²) in [5.74, 6) is 0. The molecule has 0 amide bonds. The summed E-state index contributed by atoms with van der Waals surface area (Å²) >= 11 is 0. The van der Waals surface area contributed by atoms with Gasteiger partial charge in [0.1, 0.15) is 5.52 Å². The molecule has 1 unspecified atom stereocenters. The summed E-state index contributed by atoms with van der Waals surface area (Å²) < 4.78 is 1.99. The molecule has 1 atom stereocenters. The molecular formula is C13H20N4. The first-order valence-electron chi connectivity index (χ1n) is 6.31. The predicted octanol–water partition coefficient (Wildman–Crippen LogP) is 2.34. The van der Waals surface area contributed by atoms with Crippen molar-refractivity contribution in [2.45, 2.75) is 45.2 Å². The van der Waals surface area contributed by atoms with Gasteiger partial charge in [0, 0.05) is 12.6 Å². The molecule has 0 radical (unpaired) electrons. The molecule has 2 rings (SSSR count). The Morgan fingerprint density at radius 1 is 1.24 bits per heavy atom. The van der Waals surface area contributed by atoms with Crippen molar-refractivity contribution in [3.05, 3.63) is 24.3 Å². The fourth-order valence-electron chi connectivity index (χ4n) is 1.99. The summed E-state index contributed by atoms with van der Waals surface area (Å²) in [7, 11) is 0. The molecule has 2 N–H and O–H groups in total. The van der Waals surface area contributed by atoms with Crippen molar-refractivity contribution < 1.29 is 0 Å². The largest absolute Gasteiger partial charge is 0.328 e. The van der Waals surface area contributed by atoms with E-state index in [9.17, 15) is 0 Å². The number of rotatable bonds is 6. The second-order valence-corrected chi connectivity index (χ2v) is 4.63. The van der Waals surface area contributed by atoms with Gasteiger partial charge in [0.05, 0.1) is 5.52 Å². The van der Waals surface area contributed by atoms with Crippen LogP contribution in [0.2, 0.25) is 0 Å². The van der Waals surface area contributed by atoms with Crippen LogP contribution in [0.25, 0.3) is 11.0 Å². The summed E-state index contributed by atoms with van der Waals surface area (Å²) in [6.07, 6.45) is 4.65. The molecule has 0 spiro atoms. The molecule has 0 saturated heterocycles. The smallest absolute Gasteiger partial charge is 0.113 e. The van der Waals surface area contributed by atoms with Crippen LogP contribution in [0, 0.1) is 0 Å². The summed E-state index contributed by atoms with van der Waals surface area (Å²) in [6.45, 7) is 3.00. The van der Waals surface area contributed by atoms with Gasteiger partial charge >= 0.3 is 0 Å². The van der Waals surface area contributed by atoms with Gasteiger partial charge in [0.25, 0.3) is 0 Å². The highest BCUT2D eigenvalue weighted by Gasteiger charge is 2.02. The van der Waals surface area contributed by atoms with Crippen molar-refractivity contribution in [2.24, 2.45) is 5.73 Å². The van der Waals surface area contributed by atoms with E-state index < -0.39 is 0 Å². The number of para-hydroxylation sites is 1. The summed E-state index contributed by atoms with van der Waals surface area (Å²) in [6, 6.07) is 8.40. The van der Waals surface area contributed by atoms with Gasteiger partial charge in [0.2, 0.25) is 0 Å². The first-order valence-corrected chi connectivity index (χ1v) is 6.31. The van der Waals surface area contributed by atoms with Gasteiger partial charge in [-0.3, -0.25) is 0 Å². The number of nitrogens with two attached hydrogens (primary N) is 1. The molecule has 1 aromatic carbocycles. The lowest BCUT2D eigenvalue weighted by atomic mass is 10.1. The van der Waals surface area contributed by atoms with E-state index in [4.69, 9.17) is 5.73 Å². The molecular weight excluding hydrogens is 212 g/mol. The zero-order chi connectivity index (χ0) is 12.1. The van der Waals surface area contributed by atoms with Crippen molar-refractivity contribution in [1.82, 2.24) is 15.0 Å². The third-order valence-electron chi connectivity index (χ3n) is 2.95. The molecule has 0 saturated carbocycles. The number of hydrogen-bond donors (Lipinski definition) is 1. The Bertz CT molecular complexity index is 461. The Kier molecular flexibility index (Phi) is 4.09. The zero-order valence-corrected chi connectivity index (χ0v) is 10.3. The lowest BCUT2D eigenvalue weighted by Crippen LogP contribution is -2.14. The average molecular weight is 232 g/mol. The lowest BCUT2D eigenvalue weighted by molar-refractivity contribution is 0.517. The van der Waals surface area contributed by atoms with Crippen LogP contribution in [0.15, 0.2) is 24.3 Å². The van der Waals surface area contributed by atoms with Crippen LogP contribution in [0.3, 0.4) is 0 Å². The van der Waals surface area contributed by atoms with Crippen molar-refractivity contribution in [2.75, 3.05) is 0 Å². The van der Waals surface area contributed by atoms with Crippen LogP contribution in [-0.2, 0) is 6.54 Å². The molecule has 0 fully saturated rings. The SMILES string of the molecule is CC(N)CCCCCn1nnc2ccccc21. The van der Waals surface area contributed by atoms with Crippen LogP contribution in [0.4, 0.5) is 0 Å². The topological polar surface area (TPSA) is 56.7 Å². The molecule has 2 aromatic rings. The van der Waals surface area contributed by atoms with Crippen LogP contribution in [-0.4, -0.2) is 21.0 Å². The van der Waals surface area contributed by atoms with E-state index in [0.29, 0.717) is 6.04 Å². The normalized spacial score (nSPS) is 13.1. The minimum atomic E-state index is 0.321. The van der Waals surface area contributed by atoms with Crippen molar-refractivity contribution in [3.8, 4) is 0 Å². The maximum absolute atomic E-state index is 5.72. The van der Waals surface area contributed by atoms with E-state index in [1.54, 1.807) is 0 Å². The average Bonchev–Trinajstić information content (AvgIpc) is 2.72. The number of aromatic nitrogens is 3. The Morgan fingerprint density at radius 3 is 2.88 bits per heavy atom. The third kappa shape index (κ3) is 3.27. The monoisotopic (exact) mass is 232 g/mol. The minimum Gasteiger partial charge on any atom is -0.328 e. The van der Waals surface area contributed by atoms with Gasteiger partial charge in [-0.2, -0.15) is 0 Å². The molecule has 92 valence electrons. The van der Waals surface area contributed by atoms with Crippen LogP contribution in [0.5, 0.6) is 0 Å². The first-order chi connectivity index (χ1) is 8.27. The summed E-state index contributed by atoms with van der Waals surface area (Å²) in [5.41, 5.74) is 7.82. The highest BCUT2D eigenvalue weighted by molar-refractivity contribution is 5.73. The van der Waals surface area contributed by atoms with E-state index in [-0.39, 0.29) is 0 Å². The molecule has 1 heterocycles. The number of fused-ring (bicyclic) bond motifs is 1. The third-order valence-corrected chi connectivity index (χ3v) is 2.95. The lowest BCUT2D eigenvalue weighted by Gasteiger charge is -2.05. The molecule has 0 aliphatic carbocycles. The highest BCUT2D eigenvalue weighted by atomic mass is 15.4. The van der Waals surface area contributed by atoms with Gasteiger partial charge in [-0.1, -0.05) is 30.2 Å². The number of nitrogens with zero attached hydrogens (tertiary/aromatic N) is 3. The number of unbranched alkanes of at least 4 members (excludes halogenated alkanes) is 2. The molecule has 4 nitrogen and oxygen atoms in total. The Balaban J connectivity index is 1.83.